The van der Waals surface area contributed by atoms with E-state index in [1.54, 1.807) is 22.7 Å². The molecule has 1 amide bonds. The number of amides is 1. The van der Waals surface area contributed by atoms with E-state index in [0.29, 0.717) is 46.1 Å². The molecule has 0 saturated heterocycles. The van der Waals surface area contributed by atoms with Crippen molar-refractivity contribution in [2.45, 2.75) is 64.8 Å². The van der Waals surface area contributed by atoms with Gasteiger partial charge in [0.2, 0.25) is 5.91 Å². The summed E-state index contributed by atoms with van der Waals surface area (Å²) in [4.78, 5) is 21.6. The van der Waals surface area contributed by atoms with Gasteiger partial charge in [0.1, 0.15) is 0 Å². The van der Waals surface area contributed by atoms with E-state index in [1.165, 1.54) is 19.3 Å². The molecule has 0 aliphatic heterocycles. The number of hydrogen-bond donors (Lipinski definition) is 1. The van der Waals surface area contributed by atoms with Crippen molar-refractivity contribution in [3.05, 3.63) is 45.2 Å². The molecule has 2 aromatic heterocycles. The highest BCUT2D eigenvalue weighted by Crippen LogP contribution is 2.29. The molecule has 6 nitrogen and oxygen atoms in total. The van der Waals surface area contributed by atoms with Crippen LogP contribution in [-0.4, -0.2) is 31.5 Å². The second kappa shape index (κ2) is 8.90. The van der Waals surface area contributed by atoms with Gasteiger partial charge in [0, 0.05) is 34.4 Å². The summed E-state index contributed by atoms with van der Waals surface area (Å²) in [5.41, 5.74) is 3.54. The third kappa shape index (κ3) is 4.44. The molecule has 1 aliphatic rings. The van der Waals surface area contributed by atoms with Gasteiger partial charge in [0.25, 0.3) is 5.78 Å². The van der Waals surface area contributed by atoms with Crippen molar-refractivity contribution in [3.8, 4) is 11.4 Å². The van der Waals surface area contributed by atoms with Crippen LogP contribution in [0.3, 0.4) is 0 Å². The topological polar surface area (TPSA) is 72.2 Å². The van der Waals surface area contributed by atoms with Crippen LogP contribution in [0.25, 0.3) is 17.2 Å². The number of nitrogens with one attached hydrogen (secondary N) is 1. The second-order valence-electron chi connectivity index (χ2n) is 7.94. The first-order valence-electron chi connectivity index (χ1n) is 10.4. The normalized spacial score (nSPS) is 14.9. The van der Waals surface area contributed by atoms with Gasteiger partial charge >= 0.3 is 0 Å². The highest BCUT2D eigenvalue weighted by atomic mass is 35.5. The van der Waals surface area contributed by atoms with Gasteiger partial charge in [-0.15, -0.1) is 5.10 Å². The van der Waals surface area contributed by atoms with Gasteiger partial charge in [-0.2, -0.15) is 4.98 Å². The molecule has 0 radical (unpaired) electrons. The molecule has 1 aromatic carbocycles. The molecule has 0 atom stereocenters. The summed E-state index contributed by atoms with van der Waals surface area (Å²) in [6.45, 7) is 3.93. The summed E-state index contributed by atoms with van der Waals surface area (Å²) in [7, 11) is 0. The molecule has 1 saturated carbocycles. The maximum atomic E-state index is 12.4. The highest BCUT2D eigenvalue weighted by Gasteiger charge is 2.19. The molecule has 0 spiro atoms. The summed E-state index contributed by atoms with van der Waals surface area (Å²) in [6, 6.07) is 5.57. The molecule has 0 unspecified atom stereocenters. The summed E-state index contributed by atoms with van der Waals surface area (Å²) in [6.07, 6.45) is 6.92. The first-order valence-corrected chi connectivity index (χ1v) is 11.2. The maximum Gasteiger partial charge on any atom is 0.253 e. The Kier molecular flexibility index (Phi) is 6.25. The number of nitrogens with zero attached hydrogens (tertiary/aromatic N) is 4. The Morgan fingerprint density at radius 2 is 1.93 bits per heavy atom. The Hall–Kier alpha value is -2.18. The number of aryl methyl sites for hydroxylation is 2. The van der Waals surface area contributed by atoms with Crippen LogP contribution in [-0.2, 0) is 11.2 Å². The van der Waals surface area contributed by atoms with Gasteiger partial charge in [0.15, 0.2) is 5.82 Å². The summed E-state index contributed by atoms with van der Waals surface area (Å²) < 4.78 is 1.72. The molecular weight excluding hydrogens is 421 g/mol. The average molecular weight is 446 g/mol. The van der Waals surface area contributed by atoms with Gasteiger partial charge in [-0.05, 0) is 56.9 Å². The van der Waals surface area contributed by atoms with Crippen LogP contribution in [0.15, 0.2) is 18.2 Å². The summed E-state index contributed by atoms with van der Waals surface area (Å²) in [5, 5.41) is 8.85. The SMILES string of the molecule is Cc1nc2nc(-c3ccc(Cl)cc3Cl)nn2c(C)c1CCC(=O)NC1CCCCC1. The molecule has 1 aliphatic carbocycles. The summed E-state index contributed by atoms with van der Waals surface area (Å²) in [5.74, 6) is 1.12. The van der Waals surface area contributed by atoms with Crippen LogP contribution in [0.5, 0.6) is 0 Å². The fraction of sp³-hybridized carbons (Fsp3) is 0.455. The zero-order valence-corrected chi connectivity index (χ0v) is 18.7. The molecule has 158 valence electrons. The maximum absolute atomic E-state index is 12.4. The van der Waals surface area contributed by atoms with E-state index >= 15 is 0 Å². The van der Waals surface area contributed by atoms with Gasteiger partial charge < -0.3 is 5.32 Å². The molecule has 1 N–H and O–H groups in total. The number of fused-ring (bicyclic) bond motifs is 1. The number of carbonyl (C=O) groups excluding carboxylic acids is 1. The van der Waals surface area contributed by atoms with Gasteiger partial charge in [-0.3, -0.25) is 4.79 Å². The lowest BCUT2D eigenvalue weighted by Crippen LogP contribution is -2.36. The molecule has 2 heterocycles. The van der Waals surface area contributed by atoms with E-state index in [0.717, 1.165) is 29.8 Å². The van der Waals surface area contributed by atoms with Crippen molar-refractivity contribution in [3.63, 3.8) is 0 Å². The first-order chi connectivity index (χ1) is 14.4. The Labute approximate surface area is 186 Å². The Bertz CT molecular complexity index is 1090. The van der Waals surface area contributed by atoms with Crippen molar-refractivity contribution in [1.29, 1.82) is 0 Å². The van der Waals surface area contributed by atoms with E-state index in [4.69, 9.17) is 23.2 Å². The van der Waals surface area contributed by atoms with Crippen LogP contribution in [0.2, 0.25) is 10.0 Å². The lowest BCUT2D eigenvalue weighted by Gasteiger charge is -2.22. The van der Waals surface area contributed by atoms with E-state index in [-0.39, 0.29) is 5.91 Å². The lowest BCUT2D eigenvalue weighted by molar-refractivity contribution is -0.121. The molecular formula is C22H25Cl2N5O. The number of carbonyl (C=O) groups is 1. The molecule has 3 aromatic rings. The van der Waals surface area contributed by atoms with Crippen LogP contribution in [0.1, 0.15) is 55.5 Å². The van der Waals surface area contributed by atoms with Crippen LogP contribution >= 0.6 is 23.2 Å². The van der Waals surface area contributed by atoms with Crippen molar-refractivity contribution >= 4 is 34.9 Å². The fourth-order valence-corrected chi connectivity index (χ4v) is 4.63. The number of hydrogen-bond acceptors (Lipinski definition) is 4. The van der Waals surface area contributed by atoms with E-state index < -0.39 is 0 Å². The number of rotatable bonds is 5. The number of aromatic nitrogens is 4. The summed E-state index contributed by atoms with van der Waals surface area (Å²) >= 11 is 12.3. The first kappa shape index (κ1) is 21.1. The van der Waals surface area contributed by atoms with Crippen molar-refractivity contribution in [1.82, 2.24) is 24.9 Å². The predicted molar refractivity (Wildman–Crippen MR) is 119 cm³/mol. The van der Waals surface area contributed by atoms with Crippen molar-refractivity contribution < 1.29 is 4.79 Å². The smallest absolute Gasteiger partial charge is 0.253 e. The minimum atomic E-state index is 0.105. The van der Waals surface area contributed by atoms with E-state index in [2.05, 4.69) is 20.4 Å². The Balaban J connectivity index is 1.54. The van der Waals surface area contributed by atoms with Crippen LogP contribution in [0, 0.1) is 13.8 Å². The fourth-order valence-electron chi connectivity index (χ4n) is 4.14. The third-order valence-corrected chi connectivity index (χ3v) is 6.34. The highest BCUT2D eigenvalue weighted by molar-refractivity contribution is 6.36. The van der Waals surface area contributed by atoms with Crippen molar-refractivity contribution in [2.24, 2.45) is 0 Å². The Morgan fingerprint density at radius 1 is 1.17 bits per heavy atom. The lowest BCUT2D eigenvalue weighted by atomic mass is 9.95. The third-order valence-electron chi connectivity index (χ3n) is 5.79. The van der Waals surface area contributed by atoms with Gasteiger partial charge in [-0.25, -0.2) is 9.50 Å². The standard InChI is InChI=1S/C22H25Cl2N5O/c1-13-17(10-11-20(30)26-16-6-4-3-5-7-16)14(2)29-22(25-13)27-21(28-29)18-9-8-15(23)12-19(18)24/h8-9,12,16H,3-7,10-11H2,1-2H3,(H,26,30). The Morgan fingerprint density at radius 3 is 2.67 bits per heavy atom. The van der Waals surface area contributed by atoms with Gasteiger partial charge in [-0.1, -0.05) is 42.5 Å². The minimum Gasteiger partial charge on any atom is -0.353 e. The monoisotopic (exact) mass is 445 g/mol. The van der Waals surface area contributed by atoms with E-state index in [9.17, 15) is 4.79 Å². The van der Waals surface area contributed by atoms with Crippen molar-refractivity contribution in [2.75, 3.05) is 0 Å². The largest absolute Gasteiger partial charge is 0.353 e. The quantitative estimate of drug-likeness (QED) is 0.592. The number of benzene rings is 1. The molecule has 8 heteroatoms. The minimum absolute atomic E-state index is 0.105. The van der Waals surface area contributed by atoms with Gasteiger partial charge in [0.05, 0.1) is 5.02 Å². The van der Waals surface area contributed by atoms with Crippen LogP contribution in [0.4, 0.5) is 0 Å². The van der Waals surface area contributed by atoms with Crippen LogP contribution < -0.4 is 5.32 Å². The average Bonchev–Trinajstić information content (AvgIpc) is 3.12. The molecule has 0 bridgehead atoms. The van der Waals surface area contributed by atoms with E-state index in [1.807, 2.05) is 13.8 Å². The number of halogens is 2. The molecule has 4 rings (SSSR count). The predicted octanol–water partition coefficient (Wildman–Crippen LogP) is 5.10. The second-order valence-corrected chi connectivity index (χ2v) is 8.78. The molecule has 30 heavy (non-hydrogen) atoms. The zero-order valence-electron chi connectivity index (χ0n) is 17.2. The molecule has 1 fully saturated rings. The zero-order chi connectivity index (χ0) is 21.3.